The van der Waals surface area contributed by atoms with Gasteiger partial charge in [-0.2, -0.15) is 0 Å². The van der Waals surface area contributed by atoms with E-state index in [0.29, 0.717) is 17.4 Å². The van der Waals surface area contributed by atoms with E-state index in [2.05, 4.69) is 36.1 Å². The molecule has 0 N–H and O–H groups in total. The van der Waals surface area contributed by atoms with Crippen LogP contribution in [-0.4, -0.2) is 62.7 Å². The Morgan fingerprint density at radius 2 is 1.87 bits per heavy atom. The molecule has 1 heterocycles. The van der Waals surface area contributed by atoms with Gasteiger partial charge < -0.3 is 19.3 Å². The van der Waals surface area contributed by atoms with Crippen LogP contribution in [0.4, 0.5) is 0 Å². The third-order valence-electron chi connectivity index (χ3n) is 5.94. The molecule has 3 rings (SSSR count). The maximum absolute atomic E-state index is 12.6. The van der Waals surface area contributed by atoms with Gasteiger partial charge in [0, 0.05) is 26.7 Å². The highest BCUT2D eigenvalue weighted by Crippen LogP contribution is 2.25. The molecule has 1 saturated heterocycles. The Hall–Kier alpha value is -2.53. The molecule has 0 bridgehead atoms. The summed E-state index contributed by atoms with van der Waals surface area (Å²) in [6.07, 6.45) is 3.45. The molecule has 2 aromatic rings. The van der Waals surface area contributed by atoms with E-state index in [1.165, 1.54) is 24.0 Å². The van der Waals surface area contributed by atoms with Gasteiger partial charge in [0.2, 0.25) is 0 Å². The number of likely N-dealkylation sites (tertiary alicyclic amines) is 1. The van der Waals surface area contributed by atoms with Crippen LogP contribution in [0.2, 0.25) is 0 Å². The highest BCUT2D eigenvalue weighted by atomic mass is 16.5. The fourth-order valence-corrected chi connectivity index (χ4v) is 4.15. The van der Waals surface area contributed by atoms with Crippen LogP contribution in [0.15, 0.2) is 48.5 Å². The Morgan fingerprint density at radius 3 is 2.63 bits per heavy atom. The molecule has 0 spiro atoms. The first kappa shape index (κ1) is 22.2. The number of aryl methyl sites for hydroxylation is 1. The summed E-state index contributed by atoms with van der Waals surface area (Å²) < 4.78 is 11.0. The quantitative estimate of drug-likeness (QED) is 0.631. The van der Waals surface area contributed by atoms with Crippen molar-refractivity contribution in [1.29, 1.82) is 0 Å². The number of carbonyl (C=O) groups excluding carboxylic acids is 1. The third-order valence-corrected chi connectivity index (χ3v) is 5.94. The van der Waals surface area contributed by atoms with E-state index < -0.39 is 0 Å². The zero-order valence-corrected chi connectivity index (χ0v) is 18.5. The molecule has 1 aliphatic rings. The topological polar surface area (TPSA) is 42.0 Å². The van der Waals surface area contributed by atoms with Gasteiger partial charge in [-0.1, -0.05) is 36.4 Å². The predicted molar refractivity (Wildman–Crippen MR) is 120 cm³/mol. The van der Waals surface area contributed by atoms with Crippen LogP contribution in [0.3, 0.4) is 0 Å². The van der Waals surface area contributed by atoms with E-state index in [4.69, 9.17) is 9.47 Å². The number of rotatable bonds is 9. The fraction of sp³-hybridized carbons (Fsp3) is 0.480. The maximum atomic E-state index is 12.6. The van der Waals surface area contributed by atoms with Crippen molar-refractivity contribution in [1.82, 2.24) is 9.80 Å². The van der Waals surface area contributed by atoms with E-state index in [0.717, 1.165) is 32.6 Å². The Morgan fingerprint density at radius 1 is 1.13 bits per heavy atom. The number of methoxy groups -OCH3 is 1. The summed E-state index contributed by atoms with van der Waals surface area (Å²) in [5, 5.41) is 0. The second-order valence-corrected chi connectivity index (χ2v) is 8.20. The van der Waals surface area contributed by atoms with Crippen molar-refractivity contribution >= 4 is 5.91 Å². The van der Waals surface area contributed by atoms with E-state index in [9.17, 15) is 4.79 Å². The highest BCUT2D eigenvalue weighted by molar-refractivity contribution is 5.77. The van der Waals surface area contributed by atoms with Crippen molar-refractivity contribution in [3.8, 4) is 11.5 Å². The molecule has 30 heavy (non-hydrogen) atoms. The van der Waals surface area contributed by atoms with E-state index in [1.807, 2.05) is 36.2 Å². The van der Waals surface area contributed by atoms with Crippen LogP contribution in [0.5, 0.6) is 11.5 Å². The van der Waals surface area contributed by atoms with Crippen molar-refractivity contribution in [3.05, 3.63) is 59.7 Å². The summed E-state index contributed by atoms with van der Waals surface area (Å²) in [5.41, 5.74) is 2.80. The van der Waals surface area contributed by atoms with Gasteiger partial charge in [0.1, 0.15) is 0 Å². The molecule has 2 aromatic carbocycles. The van der Waals surface area contributed by atoms with Gasteiger partial charge >= 0.3 is 0 Å². The number of likely N-dealkylation sites (N-methyl/N-ethyl adjacent to an activating group) is 1. The SMILES string of the molecule is COc1ccccc1OCC(=O)N(C)CC1CCCN(CCc2ccccc2C)C1. The fourth-order valence-electron chi connectivity index (χ4n) is 4.15. The van der Waals surface area contributed by atoms with Gasteiger partial charge in [-0.15, -0.1) is 0 Å². The molecule has 1 aliphatic heterocycles. The number of hydrogen-bond donors (Lipinski definition) is 0. The van der Waals surface area contributed by atoms with Crippen LogP contribution >= 0.6 is 0 Å². The lowest BCUT2D eigenvalue weighted by atomic mass is 9.96. The summed E-state index contributed by atoms with van der Waals surface area (Å²) >= 11 is 0. The van der Waals surface area contributed by atoms with Gasteiger partial charge in [-0.25, -0.2) is 0 Å². The number of carbonyl (C=O) groups is 1. The standard InChI is InChI=1S/C25H34N2O3/c1-20-9-4-5-11-22(20)14-16-27-15-8-10-21(18-27)17-26(2)25(28)19-30-24-13-7-6-12-23(24)29-3/h4-7,9,11-13,21H,8,10,14-19H2,1-3H3. The molecule has 0 radical (unpaired) electrons. The number of benzene rings is 2. The number of amides is 1. The Bertz CT molecular complexity index is 824. The second-order valence-electron chi connectivity index (χ2n) is 8.20. The first-order chi connectivity index (χ1) is 14.6. The van der Waals surface area contributed by atoms with E-state index in [1.54, 1.807) is 7.11 Å². The first-order valence-corrected chi connectivity index (χ1v) is 10.8. The lowest BCUT2D eigenvalue weighted by Crippen LogP contribution is -2.43. The number of hydrogen-bond acceptors (Lipinski definition) is 4. The minimum Gasteiger partial charge on any atom is -0.493 e. The molecule has 0 saturated carbocycles. The third kappa shape index (κ3) is 6.23. The van der Waals surface area contributed by atoms with Gasteiger partial charge in [0.05, 0.1) is 7.11 Å². The monoisotopic (exact) mass is 410 g/mol. The first-order valence-electron chi connectivity index (χ1n) is 10.8. The molecular weight excluding hydrogens is 376 g/mol. The largest absolute Gasteiger partial charge is 0.493 e. The van der Waals surface area contributed by atoms with Crippen LogP contribution in [0.25, 0.3) is 0 Å². The Kier molecular flexibility index (Phi) is 8.14. The minimum atomic E-state index is -0.00191. The predicted octanol–water partition coefficient (Wildman–Crippen LogP) is 3.80. The van der Waals surface area contributed by atoms with Crippen LogP contribution in [0.1, 0.15) is 24.0 Å². The summed E-state index contributed by atoms with van der Waals surface area (Å²) in [7, 11) is 3.48. The van der Waals surface area contributed by atoms with Gasteiger partial charge in [-0.05, 0) is 61.9 Å². The van der Waals surface area contributed by atoms with Crippen molar-refractivity contribution in [2.75, 3.05) is 46.9 Å². The summed E-state index contributed by atoms with van der Waals surface area (Å²) in [6, 6.07) is 16.0. The smallest absolute Gasteiger partial charge is 0.260 e. The van der Waals surface area contributed by atoms with Crippen molar-refractivity contribution in [3.63, 3.8) is 0 Å². The Labute approximate surface area is 180 Å². The maximum Gasteiger partial charge on any atom is 0.260 e. The summed E-state index contributed by atoms with van der Waals surface area (Å²) in [6.45, 7) is 6.27. The Balaban J connectivity index is 1.44. The van der Waals surface area contributed by atoms with Crippen molar-refractivity contribution in [2.24, 2.45) is 5.92 Å². The number of para-hydroxylation sites is 2. The number of ether oxygens (including phenoxy) is 2. The van der Waals surface area contributed by atoms with Crippen molar-refractivity contribution < 1.29 is 14.3 Å². The molecule has 0 aromatic heterocycles. The molecule has 5 heteroatoms. The van der Waals surface area contributed by atoms with Gasteiger partial charge in [-0.3, -0.25) is 4.79 Å². The molecule has 0 aliphatic carbocycles. The zero-order valence-electron chi connectivity index (χ0n) is 18.5. The van der Waals surface area contributed by atoms with Gasteiger partial charge in [0.25, 0.3) is 5.91 Å². The van der Waals surface area contributed by atoms with Gasteiger partial charge in [0.15, 0.2) is 18.1 Å². The number of nitrogens with zero attached hydrogens (tertiary/aromatic N) is 2. The lowest BCUT2D eigenvalue weighted by Gasteiger charge is -2.34. The van der Waals surface area contributed by atoms with Crippen LogP contribution in [-0.2, 0) is 11.2 Å². The average molecular weight is 411 g/mol. The summed E-state index contributed by atoms with van der Waals surface area (Å²) in [5.74, 6) is 1.75. The molecule has 1 amide bonds. The van der Waals surface area contributed by atoms with E-state index in [-0.39, 0.29) is 12.5 Å². The normalized spacial score (nSPS) is 16.8. The molecule has 1 fully saturated rings. The highest BCUT2D eigenvalue weighted by Gasteiger charge is 2.23. The molecular formula is C25H34N2O3. The van der Waals surface area contributed by atoms with E-state index >= 15 is 0 Å². The minimum absolute atomic E-state index is 0.00191. The lowest BCUT2D eigenvalue weighted by molar-refractivity contribution is -0.132. The van der Waals surface area contributed by atoms with Crippen LogP contribution < -0.4 is 9.47 Å². The molecule has 1 unspecified atom stereocenters. The average Bonchev–Trinajstić information content (AvgIpc) is 2.77. The molecule has 5 nitrogen and oxygen atoms in total. The van der Waals surface area contributed by atoms with Crippen LogP contribution in [0, 0.1) is 12.8 Å². The second kappa shape index (κ2) is 11.0. The summed E-state index contributed by atoms with van der Waals surface area (Å²) in [4.78, 5) is 16.9. The van der Waals surface area contributed by atoms with Crippen molar-refractivity contribution in [2.45, 2.75) is 26.2 Å². The molecule has 1 atom stereocenters. The number of piperidine rings is 1. The zero-order chi connectivity index (χ0) is 21.3. The molecule has 162 valence electrons.